The Balaban J connectivity index is 1.20. The van der Waals surface area contributed by atoms with Crippen molar-refractivity contribution in [1.29, 1.82) is 0 Å². The molecule has 2 aliphatic rings. The molecule has 6 heteroatoms. The SMILES string of the molecule is Cc1ccc(C)c(OCC(O)CN2CCN(Cc3ccc4c(c3)OCO4)CC2)c1. The lowest BCUT2D eigenvalue weighted by atomic mass is 10.1. The van der Waals surface area contributed by atoms with Crippen molar-refractivity contribution in [3.63, 3.8) is 0 Å². The van der Waals surface area contributed by atoms with Crippen molar-refractivity contribution >= 4 is 0 Å². The summed E-state index contributed by atoms with van der Waals surface area (Å²) in [5.41, 5.74) is 3.50. The summed E-state index contributed by atoms with van der Waals surface area (Å²) in [6.45, 7) is 10.1. The van der Waals surface area contributed by atoms with Gasteiger partial charge in [-0.05, 0) is 48.7 Å². The fourth-order valence-corrected chi connectivity index (χ4v) is 3.83. The summed E-state index contributed by atoms with van der Waals surface area (Å²) in [4.78, 5) is 4.75. The molecule has 2 heterocycles. The molecule has 2 aliphatic heterocycles. The number of hydrogen-bond acceptors (Lipinski definition) is 6. The van der Waals surface area contributed by atoms with E-state index in [-0.39, 0.29) is 0 Å². The van der Waals surface area contributed by atoms with E-state index in [1.54, 1.807) is 0 Å². The number of aliphatic hydroxyl groups is 1. The molecule has 1 N–H and O–H groups in total. The zero-order chi connectivity index (χ0) is 20.2. The van der Waals surface area contributed by atoms with E-state index < -0.39 is 6.10 Å². The van der Waals surface area contributed by atoms with Crippen LogP contribution >= 0.6 is 0 Å². The van der Waals surface area contributed by atoms with Crippen LogP contribution in [-0.2, 0) is 6.54 Å². The minimum absolute atomic E-state index is 0.312. The number of rotatable bonds is 7. The molecule has 1 atom stereocenters. The van der Waals surface area contributed by atoms with Gasteiger partial charge in [0.15, 0.2) is 11.5 Å². The zero-order valence-corrected chi connectivity index (χ0v) is 17.3. The van der Waals surface area contributed by atoms with Crippen LogP contribution in [0.25, 0.3) is 0 Å². The highest BCUT2D eigenvalue weighted by Crippen LogP contribution is 2.32. The third-order valence-electron chi connectivity index (χ3n) is 5.55. The number of ether oxygens (including phenoxy) is 3. The predicted octanol–water partition coefficient (Wildman–Crippen LogP) is 2.59. The second-order valence-corrected chi connectivity index (χ2v) is 8.00. The zero-order valence-electron chi connectivity index (χ0n) is 17.3. The Morgan fingerprint density at radius 1 is 0.966 bits per heavy atom. The van der Waals surface area contributed by atoms with Crippen LogP contribution in [0.2, 0.25) is 0 Å². The number of β-amino-alcohol motifs (C(OH)–C–C–N with tert-alkyl or cyclic N) is 1. The van der Waals surface area contributed by atoms with E-state index in [4.69, 9.17) is 14.2 Å². The molecule has 1 unspecified atom stereocenters. The number of piperazine rings is 1. The lowest BCUT2D eigenvalue weighted by molar-refractivity contribution is 0.0444. The number of hydrogen-bond donors (Lipinski definition) is 1. The second-order valence-electron chi connectivity index (χ2n) is 8.00. The second kappa shape index (κ2) is 9.03. The fourth-order valence-electron chi connectivity index (χ4n) is 3.83. The quantitative estimate of drug-likeness (QED) is 0.774. The van der Waals surface area contributed by atoms with Crippen molar-refractivity contribution in [2.24, 2.45) is 0 Å². The van der Waals surface area contributed by atoms with Crippen molar-refractivity contribution in [2.45, 2.75) is 26.5 Å². The van der Waals surface area contributed by atoms with E-state index in [2.05, 4.69) is 34.1 Å². The monoisotopic (exact) mass is 398 g/mol. The summed E-state index contributed by atoms with van der Waals surface area (Å²) in [6.07, 6.45) is -0.490. The van der Waals surface area contributed by atoms with Crippen LogP contribution in [0.5, 0.6) is 17.2 Å². The summed E-state index contributed by atoms with van der Waals surface area (Å²) < 4.78 is 16.7. The molecule has 0 spiro atoms. The van der Waals surface area contributed by atoms with Crippen molar-refractivity contribution in [1.82, 2.24) is 9.80 Å². The maximum atomic E-state index is 10.4. The summed E-state index contributed by atoms with van der Waals surface area (Å²) >= 11 is 0. The van der Waals surface area contributed by atoms with Gasteiger partial charge in [-0.15, -0.1) is 0 Å². The first kappa shape index (κ1) is 20.0. The molecule has 156 valence electrons. The van der Waals surface area contributed by atoms with Crippen molar-refractivity contribution in [2.75, 3.05) is 46.1 Å². The van der Waals surface area contributed by atoms with Crippen LogP contribution < -0.4 is 14.2 Å². The summed E-state index contributed by atoms with van der Waals surface area (Å²) in [5, 5.41) is 10.4. The molecule has 2 aromatic rings. The molecule has 0 bridgehead atoms. The standard InChI is InChI=1S/C23H30N2O4/c1-17-3-4-18(2)22(11-17)27-15-20(26)14-25-9-7-24(8-10-25)13-19-5-6-21-23(12-19)29-16-28-21/h3-6,11-12,20,26H,7-10,13-16H2,1-2H3. The number of aryl methyl sites for hydroxylation is 2. The highest BCUT2D eigenvalue weighted by atomic mass is 16.7. The Labute approximate surface area is 172 Å². The van der Waals surface area contributed by atoms with Gasteiger partial charge >= 0.3 is 0 Å². The molecule has 6 nitrogen and oxygen atoms in total. The molecule has 0 aliphatic carbocycles. The third kappa shape index (κ3) is 5.21. The van der Waals surface area contributed by atoms with Gasteiger partial charge in [0.2, 0.25) is 6.79 Å². The normalized spacial score (nSPS) is 18.0. The fraction of sp³-hybridized carbons (Fsp3) is 0.478. The number of nitrogens with zero attached hydrogens (tertiary/aromatic N) is 2. The molecule has 0 radical (unpaired) electrons. The van der Waals surface area contributed by atoms with Gasteiger partial charge in [-0.25, -0.2) is 0 Å². The van der Waals surface area contributed by atoms with Crippen LogP contribution in [0.4, 0.5) is 0 Å². The Morgan fingerprint density at radius 2 is 1.72 bits per heavy atom. The van der Waals surface area contributed by atoms with Gasteiger partial charge in [-0.1, -0.05) is 18.2 Å². The van der Waals surface area contributed by atoms with Crippen LogP contribution in [-0.4, -0.2) is 67.1 Å². The first-order chi connectivity index (χ1) is 14.1. The molecule has 4 rings (SSSR count). The van der Waals surface area contributed by atoms with E-state index in [9.17, 15) is 5.11 Å². The number of benzene rings is 2. The van der Waals surface area contributed by atoms with E-state index in [0.29, 0.717) is 19.9 Å². The van der Waals surface area contributed by atoms with Gasteiger partial charge in [0.1, 0.15) is 18.5 Å². The summed E-state index contributed by atoms with van der Waals surface area (Å²) in [7, 11) is 0. The van der Waals surface area contributed by atoms with E-state index in [1.165, 1.54) is 11.1 Å². The van der Waals surface area contributed by atoms with Gasteiger partial charge in [-0.2, -0.15) is 0 Å². The van der Waals surface area contributed by atoms with E-state index in [0.717, 1.165) is 55.5 Å². The number of aliphatic hydroxyl groups excluding tert-OH is 1. The first-order valence-electron chi connectivity index (χ1n) is 10.3. The van der Waals surface area contributed by atoms with Gasteiger partial charge in [-0.3, -0.25) is 9.80 Å². The largest absolute Gasteiger partial charge is 0.491 e. The Bertz CT molecular complexity index is 834. The molecule has 1 saturated heterocycles. The highest BCUT2D eigenvalue weighted by molar-refractivity contribution is 5.44. The lowest BCUT2D eigenvalue weighted by Gasteiger charge is -2.35. The average Bonchev–Trinajstić information content (AvgIpc) is 3.18. The minimum Gasteiger partial charge on any atom is -0.491 e. The first-order valence-corrected chi connectivity index (χ1v) is 10.3. The van der Waals surface area contributed by atoms with E-state index >= 15 is 0 Å². The molecule has 0 aromatic heterocycles. The maximum absolute atomic E-state index is 10.4. The van der Waals surface area contributed by atoms with Crippen LogP contribution in [0.15, 0.2) is 36.4 Å². The van der Waals surface area contributed by atoms with Crippen molar-refractivity contribution in [3.8, 4) is 17.2 Å². The Morgan fingerprint density at radius 3 is 2.55 bits per heavy atom. The minimum atomic E-state index is -0.490. The van der Waals surface area contributed by atoms with Gasteiger partial charge in [0.25, 0.3) is 0 Å². The summed E-state index contributed by atoms with van der Waals surface area (Å²) in [6, 6.07) is 12.3. The van der Waals surface area contributed by atoms with Gasteiger partial charge < -0.3 is 19.3 Å². The average molecular weight is 399 g/mol. The number of fused-ring (bicyclic) bond motifs is 1. The van der Waals surface area contributed by atoms with Crippen LogP contribution in [0.1, 0.15) is 16.7 Å². The molecule has 0 amide bonds. The molecule has 29 heavy (non-hydrogen) atoms. The molecule has 0 saturated carbocycles. The topological polar surface area (TPSA) is 54.4 Å². The van der Waals surface area contributed by atoms with E-state index in [1.807, 2.05) is 26.0 Å². The molecule has 2 aromatic carbocycles. The summed E-state index contributed by atoms with van der Waals surface area (Å²) in [5.74, 6) is 2.53. The Kier molecular flexibility index (Phi) is 6.23. The smallest absolute Gasteiger partial charge is 0.231 e. The molecular formula is C23H30N2O4. The van der Waals surface area contributed by atoms with Crippen LogP contribution in [0.3, 0.4) is 0 Å². The maximum Gasteiger partial charge on any atom is 0.231 e. The lowest BCUT2D eigenvalue weighted by Crippen LogP contribution is -2.48. The third-order valence-corrected chi connectivity index (χ3v) is 5.55. The molecule has 1 fully saturated rings. The Hall–Kier alpha value is -2.28. The predicted molar refractivity (Wildman–Crippen MR) is 112 cm³/mol. The molecular weight excluding hydrogens is 368 g/mol. The van der Waals surface area contributed by atoms with Gasteiger partial charge in [0.05, 0.1) is 0 Å². The van der Waals surface area contributed by atoms with Crippen molar-refractivity contribution < 1.29 is 19.3 Å². The van der Waals surface area contributed by atoms with Crippen molar-refractivity contribution in [3.05, 3.63) is 53.1 Å². The van der Waals surface area contributed by atoms with Gasteiger partial charge in [0, 0.05) is 39.3 Å². The highest BCUT2D eigenvalue weighted by Gasteiger charge is 2.21. The van der Waals surface area contributed by atoms with Crippen LogP contribution in [0, 0.1) is 13.8 Å².